The molecule has 1 N–H and O–H groups in total. The summed E-state index contributed by atoms with van der Waals surface area (Å²) in [7, 11) is 0. The number of hydrogen-bond acceptors (Lipinski definition) is 2. The summed E-state index contributed by atoms with van der Waals surface area (Å²) in [6, 6.07) is 0. The van der Waals surface area contributed by atoms with Crippen LogP contribution in [0.1, 0.15) is 52.9 Å². The summed E-state index contributed by atoms with van der Waals surface area (Å²) in [5.41, 5.74) is 0. The zero-order valence-corrected chi connectivity index (χ0v) is 11.3. The van der Waals surface area contributed by atoms with Gasteiger partial charge >= 0.3 is 0 Å². The average Bonchev–Trinajstić information content (AvgIpc) is 2.22. The zero-order valence-electron chi connectivity index (χ0n) is 11.3. The van der Waals surface area contributed by atoms with E-state index in [-0.39, 0.29) is 0 Å². The molecule has 1 rings (SSSR count). The first-order valence-corrected chi connectivity index (χ1v) is 7.04. The third kappa shape index (κ3) is 5.86. The monoisotopic (exact) mass is 227 g/mol. The quantitative estimate of drug-likeness (QED) is 0.674. The van der Waals surface area contributed by atoms with Gasteiger partial charge < -0.3 is 10.1 Å². The van der Waals surface area contributed by atoms with E-state index in [9.17, 15) is 0 Å². The van der Waals surface area contributed by atoms with Crippen molar-refractivity contribution in [1.82, 2.24) is 5.32 Å². The van der Waals surface area contributed by atoms with Crippen LogP contribution in [0.5, 0.6) is 0 Å². The van der Waals surface area contributed by atoms with Gasteiger partial charge in [0.2, 0.25) is 0 Å². The van der Waals surface area contributed by atoms with Crippen LogP contribution in [0.3, 0.4) is 0 Å². The largest absolute Gasteiger partial charge is 0.378 e. The van der Waals surface area contributed by atoms with Crippen LogP contribution in [0, 0.1) is 11.8 Å². The molecule has 0 radical (unpaired) electrons. The van der Waals surface area contributed by atoms with Gasteiger partial charge in [-0.2, -0.15) is 0 Å². The highest BCUT2D eigenvalue weighted by molar-refractivity contribution is 4.75. The fraction of sp³-hybridized carbons (Fsp3) is 1.00. The fourth-order valence-electron chi connectivity index (χ4n) is 2.79. The molecule has 0 aromatic rings. The molecule has 0 aromatic heterocycles. The molecular formula is C14H29NO. The van der Waals surface area contributed by atoms with E-state index in [1.807, 2.05) is 0 Å². The van der Waals surface area contributed by atoms with Crippen molar-refractivity contribution in [3.05, 3.63) is 0 Å². The maximum absolute atomic E-state index is 5.98. The Morgan fingerprint density at radius 3 is 2.38 bits per heavy atom. The predicted molar refractivity (Wildman–Crippen MR) is 69.7 cm³/mol. The smallest absolute Gasteiger partial charge is 0.0580 e. The van der Waals surface area contributed by atoms with Gasteiger partial charge in [-0.15, -0.1) is 0 Å². The number of nitrogens with one attached hydrogen (secondary N) is 1. The van der Waals surface area contributed by atoms with Gasteiger partial charge in [-0.05, 0) is 57.0 Å². The Hall–Kier alpha value is -0.0800. The van der Waals surface area contributed by atoms with Crippen LogP contribution in [-0.4, -0.2) is 25.8 Å². The lowest BCUT2D eigenvalue weighted by Gasteiger charge is -2.31. The molecule has 0 amide bonds. The van der Waals surface area contributed by atoms with Gasteiger partial charge in [0.15, 0.2) is 0 Å². The molecule has 0 aliphatic heterocycles. The summed E-state index contributed by atoms with van der Waals surface area (Å²) in [5, 5.41) is 3.35. The molecular weight excluding hydrogens is 198 g/mol. The number of hydrogen-bond donors (Lipinski definition) is 1. The Labute approximate surface area is 101 Å². The van der Waals surface area contributed by atoms with E-state index in [4.69, 9.17) is 4.74 Å². The molecule has 0 spiro atoms. The van der Waals surface area contributed by atoms with E-state index in [2.05, 4.69) is 26.1 Å². The standard InChI is InChI=1S/C14H29NO/c1-4-15-7-5-6-8-16-14-10-12(2)9-13(3)11-14/h12-15H,4-11H2,1-3H3. The van der Waals surface area contributed by atoms with Gasteiger partial charge in [0.05, 0.1) is 6.10 Å². The summed E-state index contributed by atoms with van der Waals surface area (Å²) in [6.07, 6.45) is 6.92. The SMILES string of the molecule is CCNCCCCOC1CC(C)CC(C)C1. The van der Waals surface area contributed by atoms with Crippen LogP contribution in [0.25, 0.3) is 0 Å². The van der Waals surface area contributed by atoms with Crippen molar-refractivity contribution >= 4 is 0 Å². The molecule has 0 heterocycles. The lowest BCUT2D eigenvalue weighted by Crippen LogP contribution is -2.26. The predicted octanol–water partition coefficient (Wildman–Crippen LogP) is 3.22. The Morgan fingerprint density at radius 2 is 1.75 bits per heavy atom. The first kappa shape index (κ1) is 14.0. The Kier molecular flexibility index (Phi) is 7.06. The zero-order chi connectivity index (χ0) is 11.8. The summed E-state index contributed by atoms with van der Waals surface area (Å²) >= 11 is 0. The topological polar surface area (TPSA) is 21.3 Å². The molecule has 2 atom stereocenters. The van der Waals surface area contributed by atoms with E-state index in [0.717, 1.165) is 31.5 Å². The van der Waals surface area contributed by atoms with Crippen molar-refractivity contribution in [3.8, 4) is 0 Å². The Balaban J connectivity index is 1.99. The lowest BCUT2D eigenvalue weighted by molar-refractivity contribution is -0.000418. The molecule has 2 heteroatoms. The van der Waals surface area contributed by atoms with Crippen LogP contribution < -0.4 is 5.32 Å². The average molecular weight is 227 g/mol. The van der Waals surface area contributed by atoms with E-state index in [1.165, 1.54) is 32.1 Å². The van der Waals surface area contributed by atoms with Crippen molar-refractivity contribution in [2.45, 2.75) is 59.0 Å². The summed E-state index contributed by atoms with van der Waals surface area (Å²) in [6.45, 7) is 10.0. The van der Waals surface area contributed by atoms with Crippen LogP contribution in [0.15, 0.2) is 0 Å². The van der Waals surface area contributed by atoms with Gasteiger partial charge in [-0.25, -0.2) is 0 Å². The molecule has 2 unspecified atom stereocenters. The second kappa shape index (κ2) is 8.08. The minimum Gasteiger partial charge on any atom is -0.378 e. The molecule has 0 aromatic carbocycles. The van der Waals surface area contributed by atoms with Crippen molar-refractivity contribution in [2.75, 3.05) is 19.7 Å². The maximum Gasteiger partial charge on any atom is 0.0580 e. The molecule has 96 valence electrons. The molecule has 0 saturated heterocycles. The normalized spacial score (nSPS) is 30.6. The first-order chi connectivity index (χ1) is 7.72. The fourth-order valence-corrected chi connectivity index (χ4v) is 2.79. The van der Waals surface area contributed by atoms with Gasteiger partial charge in [0, 0.05) is 6.61 Å². The summed E-state index contributed by atoms with van der Waals surface area (Å²) in [5.74, 6) is 1.71. The Bertz CT molecular complexity index is 162. The highest BCUT2D eigenvalue weighted by Gasteiger charge is 2.23. The van der Waals surface area contributed by atoms with Crippen molar-refractivity contribution in [2.24, 2.45) is 11.8 Å². The maximum atomic E-state index is 5.98. The molecule has 1 aliphatic rings. The van der Waals surface area contributed by atoms with Gasteiger partial charge in [-0.1, -0.05) is 20.8 Å². The van der Waals surface area contributed by atoms with Crippen LogP contribution >= 0.6 is 0 Å². The van der Waals surface area contributed by atoms with E-state index in [1.54, 1.807) is 0 Å². The number of rotatable bonds is 7. The molecule has 16 heavy (non-hydrogen) atoms. The molecule has 1 saturated carbocycles. The molecule has 0 bridgehead atoms. The first-order valence-electron chi connectivity index (χ1n) is 7.04. The minimum atomic E-state index is 0.540. The lowest BCUT2D eigenvalue weighted by atomic mass is 9.82. The highest BCUT2D eigenvalue weighted by Crippen LogP contribution is 2.30. The number of ether oxygens (including phenoxy) is 1. The van der Waals surface area contributed by atoms with Crippen LogP contribution in [-0.2, 0) is 4.74 Å². The summed E-state index contributed by atoms with van der Waals surface area (Å²) < 4.78 is 5.98. The van der Waals surface area contributed by atoms with Crippen molar-refractivity contribution in [3.63, 3.8) is 0 Å². The minimum absolute atomic E-state index is 0.540. The van der Waals surface area contributed by atoms with E-state index in [0.29, 0.717) is 6.10 Å². The van der Waals surface area contributed by atoms with Gasteiger partial charge in [0.1, 0.15) is 0 Å². The van der Waals surface area contributed by atoms with Gasteiger partial charge in [-0.3, -0.25) is 0 Å². The second-order valence-corrected chi connectivity index (χ2v) is 5.47. The second-order valence-electron chi connectivity index (χ2n) is 5.47. The Morgan fingerprint density at radius 1 is 1.06 bits per heavy atom. The van der Waals surface area contributed by atoms with Crippen LogP contribution in [0.4, 0.5) is 0 Å². The van der Waals surface area contributed by atoms with Crippen molar-refractivity contribution in [1.29, 1.82) is 0 Å². The molecule has 2 nitrogen and oxygen atoms in total. The number of unbranched alkanes of at least 4 members (excludes halogenated alkanes) is 1. The van der Waals surface area contributed by atoms with Crippen LogP contribution in [0.2, 0.25) is 0 Å². The van der Waals surface area contributed by atoms with Gasteiger partial charge in [0.25, 0.3) is 0 Å². The summed E-state index contributed by atoms with van der Waals surface area (Å²) in [4.78, 5) is 0. The third-order valence-electron chi connectivity index (χ3n) is 3.49. The van der Waals surface area contributed by atoms with Crippen molar-refractivity contribution < 1.29 is 4.74 Å². The molecule has 1 fully saturated rings. The van der Waals surface area contributed by atoms with E-state index < -0.39 is 0 Å². The van der Waals surface area contributed by atoms with E-state index >= 15 is 0 Å². The molecule has 1 aliphatic carbocycles. The third-order valence-corrected chi connectivity index (χ3v) is 3.49. The highest BCUT2D eigenvalue weighted by atomic mass is 16.5.